The van der Waals surface area contributed by atoms with Crippen LogP contribution in [0.3, 0.4) is 0 Å². The van der Waals surface area contributed by atoms with E-state index in [1.165, 1.54) is 6.20 Å². The molecule has 0 unspecified atom stereocenters. The van der Waals surface area contributed by atoms with Crippen molar-refractivity contribution in [2.75, 3.05) is 0 Å². The van der Waals surface area contributed by atoms with Crippen LogP contribution in [0, 0.1) is 0 Å². The van der Waals surface area contributed by atoms with Gasteiger partial charge >= 0.3 is 0 Å². The highest BCUT2D eigenvalue weighted by Crippen LogP contribution is 2.21. The van der Waals surface area contributed by atoms with E-state index >= 15 is 0 Å². The maximum atomic E-state index is 5.39. The first-order valence-corrected chi connectivity index (χ1v) is 5.57. The molecule has 3 nitrogen and oxygen atoms in total. The minimum atomic E-state index is 0.399. The number of nitrogens with two attached hydrogens (primary N) is 1. The minimum absolute atomic E-state index is 0.399. The Bertz CT molecular complexity index is 354. The van der Waals surface area contributed by atoms with Crippen molar-refractivity contribution in [1.82, 2.24) is 10.2 Å². The summed E-state index contributed by atoms with van der Waals surface area (Å²) in [7, 11) is 0. The highest BCUT2D eigenvalue weighted by atomic mass is 15.1. The summed E-state index contributed by atoms with van der Waals surface area (Å²) in [6.07, 6.45) is 6.80. The van der Waals surface area contributed by atoms with Crippen LogP contribution in [0.1, 0.15) is 50.4 Å². The van der Waals surface area contributed by atoms with Crippen LogP contribution in [0.2, 0.25) is 0 Å². The van der Waals surface area contributed by atoms with Crippen molar-refractivity contribution in [2.45, 2.75) is 33.6 Å². The summed E-state index contributed by atoms with van der Waals surface area (Å²) in [5.74, 6) is 0.399. The lowest BCUT2D eigenvalue weighted by Gasteiger charge is -2.10. The molecule has 1 aromatic rings. The number of aromatic nitrogens is 2. The van der Waals surface area contributed by atoms with E-state index in [2.05, 4.69) is 30.6 Å². The average Bonchev–Trinajstić information content (AvgIpc) is 2.32. The molecule has 0 spiro atoms. The van der Waals surface area contributed by atoms with Gasteiger partial charge in [0.25, 0.3) is 0 Å². The van der Waals surface area contributed by atoms with Crippen molar-refractivity contribution in [3.63, 3.8) is 0 Å². The van der Waals surface area contributed by atoms with Gasteiger partial charge in [0, 0.05) is 5.56 Å². The second-order valence-corrected chi connectivity index (χ2v) is 3.32. The zero-order valence-corrected chi connectivity index (χ0v) is 10.6. The van der Waals surface area contributed by atoms with E-state index in [0.717, 1.165) is 16.8 Å². The highest BCUT2D eigenvalue weighted by Gasteiger charge is 2.08. The summed E-state index contributed by atoms with van der Waals surface area (Å²) in [5.41, 5.74) is 8.31. The van der Waals surface area contributed by atoms with E-state index < -0.39 is 0 Å². The van der Waals surface area contributed by atoms with Gasteiger partial charge in [-0.1, -0.05) is 34.3 Å². The largest absolute Gasteiger partial charge is 0.405 e. The molecule has 0 atom stereocenters. The van der Waals surface area contributed by atoms with Gasteiger partial charge in [0.1, 0.15) is 0 Å². The number of hydrogen-bond donors (Lipinski definition) is 1. The maximum absolute atomic E-state index is 5.39. The molecule has 0 bridgehead atoms. The fraction of sp³-hybridized carbons (Fsp3) is 0.385. The molecule has 16 heavy (non-hydrogen) atoms. The second kappa shape index (κ2) is 7.63. The molecule has 1 aromatic heterocycles. The van der Waals surface area contributed by atoms with Crippen LogP contribution in [-0.2, 0) is 0 Å². The van der Waals surface area contributed by atoms with Crippen molar-refractivity contribution in [3.05, 3.63) is 35.8 Å². The van der Waals surface area contributed by atoms with Crippen molar-refractivity contribution in [2.24, 2.45) is 5.73 Å². The molecule has 0 amide bonds. The first-order valence-electron chi connectivity index (χ1n) is 5.57. The molecule has 0 saturated heterocycles. The molecule has 0 radical (unpaired) electrons. The first-order chi connectivity index (χ1) is 7.70. The van der Waals surface area contributed by atoms with E-state index in [4.69, 9.17) is 5.73 Å². The lowest BCUT2D eigenvalue weighted by molar-refractivity contribution is 0.835. The molecule has 1 heterocycles. The van der Waals surface area contributed by atoms with Crippen LogP contribution in [0.25, 0.3) is 12.2 Å². The van der Waals surface area contributed by atoms with E-state index in [1.807, 2.05) is 19.9 Å². The molecule has 0 fully saturated rings. The quantitative estimate of drug-likeness (QED) is 0.849. The smallest absolute Gasteiger partial charge is 0.0927 e. The van der Waals surface area contributed by atoms with Crippen LogP contribution in [0.4, 0.5) is 0 Å². The van der Waals surface area contributed by atoms with Crippen LogP contribution in [0.5, 0.6) is 0 Å². The minimum Gasteiger partial charge on any atom is -0.405 e. The molecule has 0 aromatic carbocycles. The Morgan fingerprint density at radius 3 is 2.44 bits per heavy atom. The van der Waals surface area contributed by atoms with Crippen molar-refractivity contribution in [3.8, 4) is 0 Å². The van der Waals surface area contributed by atoms with E-state index in [1.54, 1.807) is 12.3 Å². The zero-order valence-electron chi connectivity index (χ0n) is 10.6. The summed E-state index contributed by atoms with van der Waals surface area (Å²) in [6, 6.07) is 0. The lowest BCUT2D eigenvalue weighted by Crippen LogP contribution is -2.00. The summed E-state index contributed by atoms with van der Waals surface area (Å²) in [4.78, 5) is 0. The van der Waals surface area contributed by atoms with E-state index in [0.29, 0.717) is 5.92 Å². The molecule has 3 heteroatoms. The summed E-state index contributed by atoms with van der Waals surface area (Å²) in [5, 5.41) is 7.91. The van der Waals surface area contributed by atoms with Gasteiger partial charge < -0.3 is 5.73 Å². The maximum Gasteiger partial charge on any atom is 0.0927 e. The average molecular weight is 219 g/mol. The van der Waals surface area contributed by atoms with Crippen molar-refractivity contribution >= 4 is 12.2 Å². The third kappa shape index (κ3) is 3.50. The Hall–Kier alpha value is -1.64. The third-order valence-corrected chi connectivity index (χ3v) is 2.03. The van der Waals surface area contributed by atoms with Gasteiger partial charge in [-0.05, 0) is 29.8 Å². The van der Waals surface area contributed by atoms with Crippen LogP contribution < -0.4 is 5.73 Å². The Morgan fingerprint density at radius 2 is 2.00 bits per heavy atom. The Kier molecular flexibility index (Phi) is 6.84. The zero-order chi connectivity index (χ0) is 12.6. The summed E-state index contributed by atoms with van der Waals surface area (Å²) < 4.78 is 0. The Balaban J connectivity index is 0.00000106. The number of rotatable bonds is 3. The number of hydrogen-bond acceptors (Lipinski definition) is 3. The molecule has 0 aliphatic heterocycles. The molecular weight excluding hydrogens is 198 g/mol. The number of nitrogens with zero attached hydrogens (tertiary/aromatic N) is 2. The molecule has 88 valence electrons. The van der Waals surface area contributed by atoms with Gasteiger partial charge in [-0.3, -0.25) is 0 Å². The van der Waals surface area contributed by atoms with Gasteiger partial charge in [-0.2, -0.15) is 10.2 Å². The van der Waals surface area contributed by atoms with Crippen LogP contribution >= 0.6 is 0 Å². The van der Waals surface area contributed by atoms with Crippen molar-refractivity contribution in [1.29, 1.82) is 0 Å². The van der Waals surface area contributed by atoms with Gasteiger partial charge in [0.05, 0.1) is 11.9 Å². The molecule has 0 aliphatic carbocycles. The molecule has 1 rings (SSSR count). The first kappa shape index (κ1) is 14.4. The van der Waals surface area contributed by atoms with E-state index in [-0.39, 0.29) is 0 Å². The fourth-order valence-electron chi connectivity index (χ4n) is 1.31. The highest BCUT2D eigenvalue weighted by molar-refractivity contribution is 5.64. The summed E-state index contributed by atoms with van der Waals surface area (Å²) >= 11 is 0. The lowest BCUT2D eigenvalue weighted by atomic mass is 9.98. The van der Waals surface area contributed by atoms with Crippen molar-refractivity contribution < 1.29 is 0 Å². The van der Waals surface area contributed by atoms with Gasteiger partial charge in [-0.15, -0.1) is 0 Å². The fourth-order valence-corrected chi connectivity index (χ4v) is 1.31. The monoisotopic (exact) mass is 219 g/mol. The molecule has 0 saturated carbocycles. The predicted octanol–water partition coefficient (Wildman–Crippen LogP) is 3.20. The topological polar surface area (TPSA) is 51.8 Å². The van der Waals surface area contributed by atoms with Crippen LogP contribution in [0.15, 0.2) is 19.0 Å². The Labute approximate surface area is 98.1 Å². The van der Waals surface area contributed by atoms with Gasteiger partial charge in [0.15, 0.2) is 0 Å². The molecule has 0 aliphatic rings. The standard InChI is InChI=1S/C11H15N3.C2H6/c1-4-11-9(5-6-12)10(8(2)3)7-13-14-11;1-2/h4-8H,1,12H2,2-3H3;1-2H3/b6-5-;. The van der Waals surface area contributed by atoms with E-state index in [9.17, 15) is 0 Å². The predicted molar refractivity (Wildman–Crippen MR) is 70.8 cm³/mol. The SMILES string of the molecule is C=Cc1nncc(C(C)C)c1/C=C\N.CC. The molecular formula is C13H21N3. The molecule has 2 N–H and O–H groups in total. The third-order valence-electron chi connectivity index (χ3n) is 2.03. The van der Waals surface area contributed by atoms with Gasteiger partial charge in [0.2, 0.25) is 0 Å². The normalized spacial score (nSPS) is 10.1. The second-order valence-electron chi connectivity index (χ2n) is 3.32. The van der Waals surface area contributed by atoms with Gasteiger partial charge in [-0.25, -0.2) is 0 Å². The summed E-state index contributed by atoms with van der Waals surface area (Å²) in [6.45, 7) is 11.9. The Morgan fingerprint density at radius 1 is 1.38 bits per heavy atom. The van der Waals surface area contributed by atoms with Crippen LogP contribution in [-0.4, -0.2) is 10.2 Å².